The van der Waals surface area contributed by atoms with Crippen LogP contribution in [0.25, 0.3) is 32.2 Å². The van der Waals surface area contributed by atoms with Gasteiger partial charge in [0.1, 0.15) is 27.1 Å². The number of anilines is 1. The molecule has 4 aromatic rings. The Morgan fingerprint density at radius 2 is 2.17 bits per heavy atom. The van der Waals surface area contributed by atoms with Crippen LogP contribution in [0.5, 0.6) is 0 Å². The fourth-order valence-electron chi connectivity index (χ4n) is 2.99. The van der Waals surface area contributed by atoms with E-state index < -0.39 is 5.91 Å². The van der Waals surface area contributed by atoms with Gasteiger partial charge in [0.25, 0.3) is 5.91 Å². The van der Waals surface area contributed by atoms with Crippen LogP contribution in [0.15, 0.2) is 21.9 Å². The lowest BCUT2D eigenvalue weighted by Crippen LogP contribution is -2.11. The molecule has 8 nitrogen and oxygen atoms in total. The number of imidazole rings is 1. The minimum Gasteiger partial charge on any atom is -0.397 e. The number of aryl methyl sites for hydroxylation is 1. The molecule has 0 aliphatic carbocycles. The molecule has 4 aromatic heterocycles. The number of amides is 1. The number of hydrogen-bond acceptors (Lipinski definition) is 9. The van der Waals surface area contributed by atoms with Crippen LogP contribution in [0.2, 0.25) is 0 Å². The van der Waals surface area contributed by atoms with Gasteiger partial charge in [-0.2, -0.15) is 0 Å². The summed E-state index contributed by atoms with van der Waals surface area (Å²) in [4.78, 5) is 25.9. The van der Waals surface area contributed by atoms with Crippen LogP contribution in [0, 0.1) is 6.92 Å². The molecule has 0 saturated carbocycles. The van der Waals surface area contributed by atoms with Crippen LogP contribution < -0.4 is 11.5 Å². The number of nitrogens with zero attached hydrogens (tertiary/aromatic N) is 4. The monoisotopic (exact) mass is 460 g/mol. The van der Waals surface area contributed by atoms with Crippen LogP contribution in [-0.2, 0) is 11.8 Å². The summed E-state index contributed by atoms with van der Waals surface area (Å²) in [7, 11) is 3.65. The number of aromatic nitrogens is 4. The van der Waals surface area contributed by atoms with E-state index in [1.165, 1.54) is 11.3 Å². The van der Waals surface area contributed by atoms with E-state index in [0.717, 1.165) is 37.3 Å². The average Bonchev–Trinajstić information content (AvgIpc) is 3.41. The van der Waals surface area contributed by atoms with Crippen LogP contribution in [-0.4, -0.2) is 44.9 Å². The summed E-state index contributed by atoms with van der Waals surface area (Å²) in [6, 6.07) is 1.95. The van der Waals surface area contributed by atoms with Crippen molar-refractivity contribution in [2.45, 2.75) is 11.1 Å². The summed E-state index contributed by atoms with van der Waals surface area (Å²) in [5, 5.41) is 3.18. The third-order valence-corrected chi connectivity index (χ3v) is 7.87. The van der Waals surface area contributed by atoms with Crippen molar-refractivity contribution in [3.05, 3.63) is 29.2 Å². The standard InChI is InChI=1S/C19H20N6O2S3/c1-9-22-7-13(25(9)2)10-6-11(17-24-12(8-29-17)16(21)26)23-18-14(10)15(20)19(30-18)28-5-4-27-3/h6-8H,4-5,20H2,1-3H3,(H2,21,26). The molecule has 0 aliphatic rings. The highest BCUT2D eigenvalue weighted by molar-refractivity contribution is 8.01. The highest BCUT2D eigenvalue weighted by Crippen LogP contribution is 2.45. The molecule has 11 heteroatoms. The Morgan fingerprint density at radius 1 is 1.37 bits per heavy atom. The molecule has 0 aliphatic heterocycles. The summed E-state index contributed by atoms with van der Waals surface area (Å²) < 4.78 is 8.18. The summed E-state index contributed by atoms with van der Waals surface area (Å²) in [5.41, 5.74) is 15.4. The maximum absolute atomic E-state index is 11.5. The number of nitrogens with two attached hydrogens (primary N) is 2. The Labute approximate surface area is 185 Å². The number of hydrogen-bond donors (Lipinski definition) is 2. The number of fused-ring (bicyclic) bond motifs is 1. The van der Waals surface area contributed by atoms with E-state index in [1.807, 2.05) is 30.8 Å². The number of ether oxygens (including phenoxy) is 1. The number of methoxy groups -OCH3 is 1. The normalized spacial score (nSPS) is 11.4. The quantitative estimate of drug-likeness (QED) is 0.319. The lowest BCUT2D eigenvalue weighted by Gasteiger charge is -2.08. The van der Waals surface area contributed by atoms with Gasteiger partial charge in [0.2, 0.25) is 0 Å². The van der Waals surface area contributed by atoms with Crippen molar-refractivity contribution >= 4 is 56.2 Å². The van der Waals surface area contributed by atoms with Crippen LogP contribution in [0.3, 0.4) is 0 Å². The van der Waals surface area contributed by atoms with E-state index in [-0.39, 0.29) is 5.69 Å². The van der Waals surface area contributed by atoms with E-state index in [9.17, 15) is 4.79 Å². The van der Waals surface area contributed by atoms with Gasteiger partial charge >= 0.3 is 0 Å². The first-order chi connectivity index (χ1) is 14.4. The molecule has 30 heavy (non-hydrogen) atoms. The van der Waals surface area contributed by atoms with Crippen molar-refractivity contribution in [2.24, 2.45) is 12.8 Å². The Balaban J connectivity index is 1.92. The Bertz CT molecular complexity index is 1240. The molecule has 4 rings (SSSR count). The second-order valence-electron chi connectivity index (χ2n) is 6.53. The van der Waals surface area contributed by atoms with Gasteiger partial charge in [-0.25, -0.2) is 15.0 Å². The molecule has 0 saturated heterocycles. The molecule has 0 bridgehead atoms. The number of carbonyl (C=O) groups is 1. The molecular weight excluding hydrogens is 440 g/mol. The van der Waals surface area contributed by atoms with Gasteiger partial charge in [-0.1, -0.05) is 0 Å². The number of thiophene rings is 1. The Morgan fingerprint density at radius 3 is 2.80 bits per heavy atom. The van der Waals surface area contributed by atoms with Gasteiger partial charge in [0.15, 0.2) is 0 Å². The summed E-state index contributed by atoms with van der Waals surface area (Å²) in [6.45, 7) is 2.59. The van der Waals surface area contributed by atoms with Gasteiger partial charge in [0, 0.05) is 36.2 Å². The smallest absolute Gasteiger partial charge is 0.268 e. The topological polar surface area (TPSA) is 122 Å². The molecule has 4 N–H and O–H groups in total. The van der Waals surface area contributed by atoms with Gasteiger partial charge < -0.3 is 20.8 Å². The molecule has 0 fully saturated rings. The second kappa shape index (κ2) is 8.34. The zero-order valence-electron chi connectivity index (χ0n) is 16.6. The molecule has 156 valence electrons. The molecule has 0 aromatic carbocycles. The van der Waals surface area contributed by atoms with Gasteiger partial charge in [0.05, 0.1) is 28.4 Å². The van der Waals surface area contributed by atoms with E-state index in [0.29, 0.717) is 23.0 Å². The lowest BCUT2D eigenvalue weighted by molar-refractivity contribution is 0.0996. The van der Waals surface area contributed by atoms with Crippen molar-refractivity contribution in [3.63, 3.8) is 0 Å². The van der Waals surface area contributed by atoms with Crippen molar-refractivity contribution < 1.29 is 9.53 Å². The number of nitrogen functional groups attached to an aromatic ring is 1. The SMILES string of the molecule is COCCSc1sc2nc(-c3nc(C(N)=O)cs3)cc(-c3cnc(C)n3C)c2c1N. The molecule has 0 spiro atoms. The number of carbonyl (C=O) groups excluding carboxylic acids is 1. The van der Waals surface area contributed by atoms with Gasteiger partial charge in [-0.15, -0.1) is 34.4 Å². The highest BCUT2D eigenvalue weighted by atomic mass is 32.2. The molecule has 0 atom stereocenters. The molecule has 4 heterocycles. The largest absolute Gasteiger partial charge is 0.397 e. The van der Waals surface area contributed by atoms with Crippen molar-refractivity contribution in [3.8, 4) is 22.0 Å². The number of thioether (sulfide) groups is 1. The zero-order valence-corrected chi connectivity index (χ0v) is 19.1. The molecule has 0 radical (unpaired) electrons. The zero-order chi connectivity index (χ0) is 21.4. The third kappa shape index (κ3) is 3.69. The predicted octanol–water partition coefficient (Wildman–Crippen LogP) is 3.55. The van der Waals surface area contributed by atoms with E-state index >= 15 is 0 Å². The van der Waals surface area contributed by atoms with E-state index in [2.05, 4.69) is 9.97 Å². The van der Waals surface area contributed by atoms with E-state index in [4.69, 9.17) is 21.2 Å². The minimum absolute atomic E-state index is 0.233. The lowest BCUT2D eigenvalue weighted by atomic mass is 10.1. The van der Waals surface area contributed by atoms with Crippen molar-refractivity contribution in [2.75, 3.05) is 25.2 Å². The van der Waals surface area contributed by atoms with Crippen molar-refractivity contribution in [1.82, 2.24) is 19.5 Å². The fraction of sp³-hybridized carbons (Fsp3) is 0.263. The average molecular weight is 461 g/mol. The maximum Gasteiger partial charge on any atom is 0.268 e. The first-order valence-electron chi connectivity index (χ1n) is 8.99. The number of thiazole rings is 1. The minimum atomic E-state index is -0.557. The van der Waals surface area contributed by atoms with Gasteiger partial charge in [-0.3, -0.25) is 4.79 Å². The highest BCUT2D eigenvalue weighted by Gasteiger charge is 2.21. The molecular formula is C19H20N6O2S3. The predicted molar refractivity (Wildman–Crippen MR) is 123 cm³/mol. The number of pyridine rings is 1. The summed E-state index contributed by atoms with van der Waals surface area (Å²) in [6.07, 6.45) is 1.83. The van der Waals surface area contributed by atoms with Crippen LogP contribution >= 0.6 is 34.4 Å². The Kier molecular flexibility index (Phi) is 5.78. The molecule has 1 amide bonds. The first-order valence-corrected chi connectivity index (χ1v) is 11.7. The summed E-state index contributed by atoms with van der Waals surface area (Å²) >= 11 is 4.53. The third-order valence-electron chi connectivity index (χ3n) is 4.66. The second-order valence-corrected chi connectivity index (χ2v) is 9.75. The van der Waals surface area contributed by atoms with E-state index in [1.54, 1.807) is 35.6 Å². The van der Waals surface area contributed by atoms with Gasteiger partial charge in [-0.05, 0) is 13.0 Å². The molecule has 0 unspecified atom stereocenters. The first kappa shape index (κ1) is 20.8. The van der Waals surface area contributed by atoms with Crippen LogP contribution in [0.4, 0.5) is 5.69 Å². The fourth-order valence-corrected chi connectivity index (χ4v) is 6.03. The van der Waals surface area contributed by atoms with Crippen molar-refractivity contribution in [1.29, 1.82) is 0 Å². The number of primary amides is 1. The maximum atomic E-state index is 11.5. The number of rotatable bonds is 7. The Hall–Kier alpha value is -2.47. The van der Waals surface area contributed by atoms with Crippen LogP contribution in [0.1, 0.15) is 16.3 Å². The summed E-state index contributed by atoms with van der Waals surface area (Å²) in [5.74, 6) is 1.14.